The SMILES string of the molecule is CC/C=C\C/C=C\C/C=C\C/C=C\C/C=C\C/C=C\C/C=C\C/C=C\C/C=C\CCCCCCCCCCCCCCCC(=O)NC(COC1OC(CO)C(OC2OC(CO)C(OC3OC(CO)C(O)C(O)C3O)C(O)C2O)C(O)C1O)C(O)/C=C/CCCCCCCCCCCCCCCCCCCCCCCCCC. The minimum absolute atomic E-state index is 0.236. The molecule has 0 radical (unpaired) electrons. The van der Waals surface area contributed by atoms with Gasteiger partial charge in [0.2, 0.25) is 5.91 Å². The molecule has 646 valence electrons. The molecule has 0 spiro atoms. The van der Waals surface area contributed by atoms with Crippen molar-refractivity contribution in [2.75, 3.05) is 26.4 Å². The van der Waals surface area contributed by atoms with E-state index in [1.54, 1.807) is 6.08 Å². The lowest BCUT2D eigenvalue weighted by molar-refractivity contribution is -0.379. The van der Waals surface area contributed by atoms with Crippen molar-refractivity contribution >= 4 is 5.91 Å². The summed E-state index contributed by atoms with van der Waals surface area (Å²) in [6.45, 7) is 1.65. The van der Waals surface area contributed by atoms with Crippen molar-refractivity contribution in [2.45, 2.75) is 433 Å². The number of nitrogens with one attached hydrogen (secondary N) is 1. The molecule has 17 unspecified atom stereocenters. The van der Waals surface area contributed by atoms with Crippen LogP contribution in [-0.2, 0) is 33.2 Å². The van der Waals surface area contributed by atoms with Gasteiger partial charge in [-0.15, -0.1) is 0 Å². The van der Waals surface area contributed by atoms with Gasteiger partial charge in [-0.3, -0.25) is 4.79 Å². The van der Waals surface area contributed by atoms with Gasteiger partial charge in [-0.1, -0.05) is 354 Å². The smallest absolute Gasteiger partial charge is 0.220 e. The first-order valence-electron chi connectivity index (χ1n) is 44.8. The lowest BCUT2D eigenvalue weighted by atomic mass is 9.96. The Kier molecular flexibility index (Phi) is 65.2. The van der Waals surface area contributed by atoms with Crippen LogP contribution in [0.1, 0.15) is 328 Å². The van der Waals surface area contributed by atoms with Crippen LogP contribution in [0.2, 0.25) is 0 Å². The van der Waals surface area contributed by atoms with Crippen molar-refractivity contribution in [2.24, 2.45) is 0 Å². The number of unbranched alkanes of at least 4 members (excludes halogenated alkanes) is 37. The van der Waals surface area contributed by atoms with Gasteiger partial charge in [0.15, 0.2) is 18.9 Å². The molecule has 3 fully saturated rings. The molecule has 0 aromatic carbocycles. The van der Waals surface area contributed by atoms with Gasteiger partial charge in [0.25, 0.3) is 0 Å². The van der Waals surface area contributed by atoms with Crippen LogP contribution >= 0.6 is 0 Å². The quantitative estimate of drug-likeness (QED) is 0.0199. The monoisotopic (exact) mass is 1580 g/mol. The molecular formula is C93H161NO18. The van der Waals surface area contributed by atoms with E-state index < -0.39 is 124 Å². The first-order chi connectivity index (χ1) is 54.8. The summed E-state index contributed by atoms with van der Waals surface area (Å²) in [5.74, 6) is -0.277. The first kappa shape index (κ1) is 102. The zero-order valence-electron chi connectivity index (χ0n) is 69.6. The molecule has 12 N–H and O–H groups in total. The fourth-order valence-electron chi connectivity index (χ4n) is 14.4. The van der Waals surface area contributed by atoms with Crippen molar-refractivity contribution in [1.29, 1.82) is 0 Å². The fourth-order valence-corrected chi connectivity index (χ4v) is 14.4. The summed E-state index contributed by atoms with van der Waals surface area (Å²) in [6, 6.07) is -0.983. The molecule has 19 nitrogen and oxygen atoms in total. The Balaban J connectivity index is 1.32. The number of allylic oxidation sites excluding steroid dienone is 19. The predicted octanol–water partition coefficient (Wildman–Crippen LogP) is 17.0. The molecule has 1 amide bonds. The van der Waals surface area contributed by atoms with Gasteiger partial charge < -0.3 is 89.9 Å². The van der Waals surface area contributed by atoms with E-state index in [-0.39, 0.29) is 18.9 Å². The summed E-state index contributed by atoms with van der Waals surface area (Å²) in [5.41, 5.74) is 0. The maximum atomic E-state index is 13.5. The van der Waals surface area contributed by atoms with Crippen LogP contribution < -0.4 is 5.32 Å². The molecule has 3 aliphatic heterocycles. The first-order valence-corrected chi connectivity index (χ1v) is 44.8. The number of amides is 1. The molecule has 0 bridgehead atoms. The number of ether oxygens (including phenoxy) is 6. The summed E-state index contributed by atoms with van der Waals surface area (Å²) in [4.78, 5) is 13.5. The van der Waals surface area contributed by atoms with E-state index in [4.69, 9.17) is 28.4 Å². The standard InChI is InChI=1S/C93H161NO18/c1-3-5-7-9-11-13-15-17-19-21-23-25-27-29-31-32-33-34-35-36-37-38-39-40-41-42-43-44-45-47-49-51-53-55-57-59-61-63-65-67-69-71-81(99)94-76(77(98)70-68-66-64-62-60-58-56-54-52-50-48-46-30-28-26-24-22-20-18-16-14-12-10-8-6-4-2)75-107-91-87(105)84(102)89(79(73-96)109-91)112-93-88(106)85(103)90(80(74-97)110-93)111-92-86(104)83(101)82(100)78(72-95)108-92/h5,7,11,13,17,19,23,25,29,31,33-34,36-37,39-40,42-43,68,70,76-80,82-93,95-98,100-106H,3-4,6,8-10,12,14-16,18,20-22,24,26-28,30,32,35,38,41,44-67,69,71-75H2,1-2H3,(H,94,99)/b7-5-,13-11-,19-17-,25-23-,31-29-,34-33-,37-36-,40-39-,43-42-,70-68+. The Hall–Kier alpha value is -3.81. The Labute approximate surface area is 678 Å². The molecule has 0 aromatic heterocycles. The topological polar surface area (TPSA) is 307 Å². The highest BCUT2D eigenvalue weighted by Crippen LogP contribution is 2.33. The number of aliphatic hydroxyl groups excluding tert-OH is 11. The van der Waals surface area contributed by atoms with Gasteiger partial charge in [0, 0.05) is 6.42 Å². The molecule has 0 aromatic rings. The van der Waals surface area contributed by atoms with E-state index in [1.807, 2.05) is 6.08 Å². The molecule has 17 atom stereocenters. The third-order valence-corrected chi connectivity index (χ3v) is 21.5. The normalized spacial score (nSPS) is 25.5. The molecule has 3 heterocycles. The Morgan fingerprint density at radius 3 is 0.964 bits per heavy atom. The highest BCUT2D eigenvalue weighted by Gasteiger charge is 2.54. The summed E-state index contributed by atoms with van der Waals surface area (Å²) in [5, 5.41) is 121. The molecular weight excluding hydrogens is 1420 g/mol. The zero-order valence-corrected chi connectivity index (χ0v) is 69.6. The van der Waals surface area contributed by atoms with Gasteiger partial charge >= 0.3 is 0 Å². The number of hydrogen-bond donors (Lipinski definition) is 12. The second-order valence-corrected chi connectivity index (χ2v) is 31.3. The average molecular weight is 1580 g/mol. The minimum atomic E-state index is -1.98. The van der Waals surface area contributed by atoms with Gasteiger partial charge in [-0.25, -0.2) is 0 Å². The molecule has 3 saturated heterocycles. The van der Waals surface area contributed by atoms with Crippen LogP contribution in [0.15, 0.2) is 122 Å². The molecule has 3 rings (SSSR count). The van der Waals surface area contributed by atoms with Gasteiger partial charge in [0.1, 0.15) is 73.2 Å². The number of carbonyl (C=O) groups is 1. The fraction of sp³-hybridized carbons (Fsp3) is 0.774. The van der Waals surface area contributed by atoms with Gasteiger partial charge in [0.05, 0.1) is 38.6 Å². The van der Waals surface area contributed by atoms with Crippen molar-refractivity contribution in [1.82, 2.24) is 5.32 Å². The highest BCUT2D eigenvalue weighted by molar-refractivity contribution is 5.76. The maximum Gasteiger partial charge on any atom is 0.220 e. The van der Waals surface area contributed by atoms with Gasteiger partial charge in [-0.05, 0) is 89.9 Å². The van der Waals surface area contributed by atoms with Crippen molar-refractivity contribution in [3.63, 3.8) is 0 Å². The van der Waals surface area contributed by atoms with Crippen LogP contribution in [0.5, 0.6) is 0 Å². The highest BCUT2D eigenvalue weighted by atomic mass is 16.8. The van der Waals surface area contributed by atoms with Crippen molar-refractivity contribution in [3.05, 3.63) is 122 Å². The van der Waals surface area contributed by atoms with Crippen LogP contribution in [0.4, 0.5) is 0 Å². The minimum Gasteiger partial charge on any atom is -0.394 e. The summed E-state index contributed by atoms with van der Waals surface area (Å²) < 4.78 is 34.5. The number of hydrogen-bond acceptors (Lipinski definition) is 18. The van der Waals surface area contributed by atoms with E-state index in [1.165, 1.54) is 186 Å². The van der Waals surface area contributed by atoms with Crippen LogP contribution in [-0.4, -0.2) is 193 Å². The molecule has 0 saturated carbocycles. The summed E-state index contributed by atoms with van der Waals surface area (Å²) in [6.07, 6.45) is 74.7. The third-order valence-electron chi connectivity index (χ3n) is 21.5. The molecule has 19 heteroatoms. The Morgan fingerprint density at radius 1 is 0.330 bits per heavy atom. The molecule has 112 heavy (non-hydrogen) atoms. The van der Waals surface area contributed by atoms with E-state index in [2.05, 4.69) is 129 Å². The van der Waals surface area contributed by atoms with Gasteiger partial charge in [-0.2, -0.15) is 0 Å². The van der Waals surface area contributed by atoms with Crippen LogP contribution in [0.3, 0.4) is 0 Å². The van der Waals surface area contributed by atoms with Crippen LogP contribution in [0.25, 0.3) is 0 Å². The maximum absolute atomic E-state index is 13.5. The second kappa shape index (κ2) is 71.3. The Bertz CT molecular complexity index is 2500. The number of aliphatic hydroxyl groups is 11. The third kappa shape index (κ3) is 49.4. The number of carbonyl (C=O) groups excluding carboxylic acids is 1. The lowest BCUT2D eigenvalue weighted by Crippen LogP contribution is -2.66. The molecule has 3 aliphatic rings. The average Bonchev–Trinajstić information content (AvgIpc) is 0.781. The van der Waals surface area contributed by atoms with E-state index in [0.717, 1.165) is 116 Å². The summed E-state index contributed by atoms with van der Waals surface area (Å²) in [7, 11) is 0. The van der Waals surface area contributed by atoms with Crippen LogP contribution in [0, 0.1) is 0 Å². The van der Waals surface area contributed by atoms with E-state index in [0.29, 0.717) is 6.42 Å². The summed E-state index contributed by atoms with van der Waals surface area (Å²) >= 11 is 0. The Morgan fingerprint density at radius 2 is 0.616 bits per heavy atom. The zero-order chi connectivity index (χ0) is 81.0. The number of rotatable bonds is 71. The second-order valence-electron chi connectivity index (χ2n) is 31.3. The molecule has 0 aliphatic carbocycles. The lowest BCUT2D eigenvalue weighted by Gasteiger charge is -2.48. The van der Waals surface area contributed by atoms with Crippen molar-refractivity contribution < 1.29 is 89.4 Å². The largest absolute Gasteiger partial charge is 0.394 e. The predicted molar refractivity (Wildman–Crippen MR) is 452 cm³/mol. The van der Waals surface area contributed by atoms with E-state index in [9.17, 15) is 61.0 Å². The van der Waals surface area contributed by atoms with Crippen molar-refractivity contribution in [3.8, 4) is 0 Å². The van der Waals surface area contributed by atoms with E-state index >= 15 is 0 Å².